The smallest absolute Gasteiger partial charge is 0.129 e. The van der Waals surface area contributed by atoms with E-state index < -0.39 is 6.10 Å². The van der Waals surface area contributed by atoms with Gasteiger partial charge in [0.15, 0.2) is 0 Å². The highest BCUT2D eigenvalue weighted by Gasteiger charge is 2.20. The predicted octanol–water partition coefficient (Wildman–Crippen LogP) is 2.23. The summed E-state index contributed by atoms with van der Waals surface area (Å²) in [6.45, 7) is 1.45. The molecule has 2 aromatic heterocycles. The molecule has 0 fully saturated rings. The fourth-order valence-electron chi connectivity index (χ4n) is 1.82. The van der Waals surface area contributed by atoms with E-state index >= 15 is 0 Å². The number of aliphatic hydroxyl groups excluding tert-OH is 1. The Hall–Kier alpha value is -1.14. The molecule has 0 saturated heterocycles. The summed E-state index contributed by atoms with van der Waals surface area (Å²) in [6.07, 6.45) is 2.20. The average molecular weight is 315 g/mol. The Kier molecular flexibility index (Phi) is 4.99. The van der Waals surface area contributed by atoms with Crippen molar-refractivity contribution >= 4 is 23.2 Å². The van der Waals surface area contributed by atoms with Gasteiger partial charge in [-0.15, -0.1) is 0 Å². The topological polar surface area (TPSA) is 54.2 Å². The first kappa shape index (κ1) is 15.3. The van der Waals surface area contributed by atoms with Gasteiger partial charge in [-0.05, 0) is 20.2 Å². The van der Waals surface area contributed by atoms with Crippen LogP contribution in [0, 0.1) is 0 Å². The van der Waals surface area contributed by atoms with Crippen LogP contribution < -0.4 is 0 Å². The predicted molar refractivity (Wildman–Crippen MR) is 79.1 cm³/mol. The number of aliphatic hydroxyl groups is 1. The van der Waals surface area contributed by atoms with Crippen LogP contribution in [0.4, 0.5) is 0 Å². The van der Waals surface area contributed by atoms with E-state index in [0.717, 1.165) is 6.54 Å². The number of aromatic nitrogens is 3. The van der Waals surface area contributed by atoms with Crippen molar-refractivity contribution in [3.63, 3.8) is 0 Å². The second-order valence-corrected chi connectivity index (χ2v) is 5.52. The van der Waals surface area contributed by atoms with Crippen molar-refractivity contribution in [2.24, 2.45) is 0 Å². The second-order valence-electron chi connectivity index (χ2n) is 4.72. The molecule has 1 N–H and O–H groups in total. The maximum absolute atomic E-state index is 10.5. The van der Waals surface area contributed by atoms with Gasteiger partial charge in [0.1, 0.15) is 11.3 Å². The molecule has 0 aliphatic rings. The summed E-state index contributed by atoms with van der Waals surface area (Å²) in [5.41, 5.74) is 1.19. The van der Waals surface area contributed by atoms with Gasteiger partial charge in [0.05, 0.1) is 23.5 Å². The molecule has 0 radical (unpaired) electrons. The molecule has 0 aromatic carbocycles. The SMILES string of the molecule is CN(C)CCn1ncc(Cl)c1C(O)c1ccc(Cl)nc1. The molecule has 108 valence electrons. The molecule has 2 aromatic rings. The number of likely N-dealkylation sites (N-methyl/N-ethyl adjacent to an activating group) is 1. The van der Waals surface area contributed by atoms with Crippen LogP contribution in [0.15, 0.2) is 24.5 Å². The second kappa shape index (κ2) is 6.54. The molecule has 5 nitrogen and oxygen atoms in total. The molecule has 0 saturated carbocycles. The van der Waals surface area contributed by atoms with Crippen molar-refractivity contribution < 1.29 is 5.11 Å². The lowest BCUT2D eigenvalue weighted by Crippen LogP contribution is -2.21. The zero-order valence-corrected chi connectivity index (χ0v) is 12.8. The Labute approximate surface area is 127 Å². The average Bonchev–Trinajstić information content (AvgIpc) is 2.77. The minimum absolute atomic E-state index is 0.383. The maximum atomic E-state index is 10.5. The lowest BCUT2D eigenvalue weighted by molar-refractivity contribution is 0.205. The van der Waals surface area contributed by atoms with E-state index in [0.29, 0.717) is 28.0 Å². The van der Waals surface area contributed by atoms with E-state index in [1.807, 2.05) is 19.0 Å². The summed E-state index contributed by atoms with van der Waals surface area (Å²) in [7, 11) is 3.95. The van der Waals surface area contributed by atoms with Crippen molar-refractivity contribution in [2.75, 3.05) is 20.6 Å². The third-order valence-electron chi connectivity index (χ3n) is 2.92. The van der Waals surface area contributed by atoms with E-state index in [2.05, 4.69) is 10.1 Å². The van der Waals surface area contributed by atoms with Crippen LogP contribution in [0.5, 0.6) is 0 Å². The molecule has 20 heavy (non-hydrogen) atoms. The van der Waals surface area contributed by atoms with Crippen LogP contribution in [-0.4, -0.2) is 45.4 Å². The third kappa shape index (κ3) is 3.49. The Balaban J connectivity index is 2.26. The molecule has 1 atom stereocenters. The maximum Gasteiger partial charge on any atom is 0.129 e. The molecule has 0 aliphatic heterocycles. The largest absolute Gasteiger partial charge is 0.382 e. The first-order valence-electron chi connectivity index (χ1n) is 6.14. The Morgan fingerprint density at radius 2 is 2.05 bits per heavy atom. The summed E-state index contributed by atoms with van der Waals surface area (Å²) in [4.78, 5) is 6.01. The molecule has 0 bridgehead atoms. The number of rotatable bonds is 5. The number of hydrogen-bond acceptors (Lipinski definition) is 4. The molecule has 2 rings (SSSR count). The zero-order valence-electron chi connectivity index (χ0n) is 11.3. The van der Waals surface area contributed by atoms with Gasteiger partial charge in [-0.2, -0.15) is 5.10 Å². The zero-order chi connectivity index (χ0) is 14.7. The fourth-order valence-corrected chi connectivity index (χ4v) is 2.18. The van der Waals surface area contributed by atoms with Crippen molar-refractivity contribution in [1.82, 2.24) is 19.7 Å². The van der Waals surface area contributed by atoms with Gasteiger partial charge in [-0.1, -0.05) is 29.3 Å². The standard InChI is InChI=1S/C13H16Cl2N4O/c1-18(2)5-6-19-12(10(14)8-17-19)13(20)9-3-4-11(15)16-7-9/h3-4,7-8,13,20H,5-6H2,1-2H3. The van der Waals surface area contributed by atoms with Crippen molar-refractivity contribution in [2.45, 2.75) is 12.6 Å². The van der Waals surface area contributed by atoms with Gasteiger partial charge in [0.2, 0.25) is 0 Å². The molecule has 0 amide bonds. The van der Waals surface area contributed by atoms with E-state index in [1.54, 1.807) is 23.0 Å². The normalized spacial score (nSPS) is 12.9. The highest BCUT2D eigenvalue weighted by molar-refractivity contribution is 6.31. The quantitative estimate of drug-likeness (QED) is 0.860. The summed E-state index contributed by atoms with van der Waals surface area (Å²) >= 11 is 11.9. The number of nitrogens with zero attached hydrogens (tertiary/aromatic N) is 4. The third-order valence-corrected chi connectivity index (χ3v) is 3.43. The molecule has 0 aliphatic carbocycles. The molecule has 7 heteroatoms. The van der Waals surface area contributed by atoms with Crippen molar-refractivity contribution in [3.05, 3.63) is 46.0 Å². The van der Waals surface area contributed by atoms with Crippen LogP contribution >= 0.6 is 23.2 Å². The highest BCUT2D eigenvalue weighted by Crippen LogP contribution is 2.28. The Bertz CT molecular complexity index is 568. The van der Waals surface area contributed by atoms with Gasteiger partial charge >= 0.3 is 0 Å². The van der Waals surface area contributed by atoms with E-state index in [-0.39, 0.29) is 0 Å². The number of pyridine rings is 1. The Morgan fingerprint density at radius 3 is 2.65 bits per heavy atom. The lowest BCUT2D eigenvalue weighted by atomic mass is 10.1. The minimum atomic E-state index is -0.878. The monoisotopic (exact) mass is 314 g/mol. The molecular formula is C13H16Cl2N4O. The van der Waals surface area contributed by atoms with Gasteiger partial charge in [-0.25, -0.2) is 4.98 Å². The van der Waals surface area contributed by atoms with Crippen LogP contribution in [0.1, 0.15) is 17.4 Å². The van der Waals surface area contributed by atoms with E-state index in [4.69, 9.17) is 23.2 Å². The first-order valence-corrected chi connectivity index (χ1v) is 6.90. The van der Waals surface area contributed by atoms with Crippen molar-refractivity contribution in [1.29, 1.82) is 0 Å². The van der Waals surface area contributed by atoms with E-state index in [1.165, 1.54) is 6.20 Å². The molecule has 2 heterocycles. The number of hydrogen-bond donors (Lipinski definition) is 1. The number of halogens is 2. The van der Waals surface area contributed by atoms with Crippen molar-refractivity contribution in [3.8, 4) is 0 Å². The van der Waals surface area contributed by atoms with Gasteiger partial charge < -0.3 is 10.0 Å². The summed E-state index contributed by atoms with van der Waals surface area (Å²) < 4.78 is 1.71. The van der Waals surface area contributed by atoms with Crippen LogP contribution in [0.2, 0.25) is 10.2 Å². The van der Waals surface area contributed by atoms with Crippen LogP contribution in [-0.2, 0) is 6.54 Å². The lowest BCUT2D eigenvalue weighted by Gasteiger charge is -2.16. The van der Waals surface area contributed by atoms with E-state index in [9.17, 15) is 5.11 Å². The highest BCUT2D eigenvalue weighted by atomic mass is 35.5. The van der Waals surface area contributed by atoms with Crippen LogP contribution in [0.25, 0.3) is 0 Å². The molecular weight excluding hydrogens is 299 g/mol. The van der Waals surface area contributed by atoms with Gasteiger partial charge in [0.25, 0.3) is 0 Å². The van der Waals surface area contributed by atoms with Gasteiger partial charge in [0, 0.05) is 18.3 Å². The van der Waals surface area contributed by atoms with Crippen LogP contribution in [0.3, 0.4) is 0 Å². The minimum Gasteiger partial charge on any atom is -0.382 e. The summed E-state index contributed by atoms with van der Waals surface area (Å²) in [5.74, 6) is 0. The molecule has 0 spiro atoms. The Morgan fingerprint density at radius 1 is 1.30 bits per heavy atom. The first-order chi connectivity index (χ1) is 9.49. The summed E-state index contributed by atoms with van der Waals surface area (Å²) in [6, 6.07) is 3.36. The van der Waals surface area contributed by atoms with Gasteiger partial charge in [-0.3, -0.25) is 4.68 Å². The fraction of sp³-hybridized carbons (Fsp3) is 0.385. The molecule has 1 unspecified atom stereocenters. The summed E-state index contributed by atoms with van der Waals surface area (Å²) in [5, 5.41) is 15.5.